The van der Waals surface area contributed by atoms with Gasteiger partial charge in [0.05, 0.1) is 10.6 Å². The van der Waals surface area contributed by atoms with E-state index in [0.717, 1.165) is 34.0 Å². The molecule has 1 N–H and O–H groups in total. The van der Waals surface area contributed by atoms with Crippen LogP contribution in [-0.4, -0.2) is 5.78 Å². The van der Waals surface area contributed by atoms with Crippen molar-refractivity contribution in [2.45, 2.75) is 24.2 Å². The van der Waals surface area contributed by atoms with E-state index in [1.54, 1.807) is 11.8 Å². The Morgan fingerprint density at radius 2 is 2.07 bits per heavy atom. The molecule has 0 atom stereocenters. The van der Waals surface area contributed by atoms with Crippen LogP contribution >= 0.6 is 11.8 Å². The number of ketones is 1. The number of rotatable bonds is 0. The first-order valence-corrected chi connectivity index (χ1v) is 5.96. The van der Waals surface area contributed by atoms with Crippen LogP contribution in [0.3, 0.4) is 0 Å². The van der Waals surface area contributed by atoms with E-state index in [-0.39, 0.29) is 0 Å². The minimum absolute atomic E-state index is 0.295. The summed E-state index contributed by atoms with van der Waals surface area (Å²) in [7, 11) is 0. The van der Waals surface area contributed by atoms with Gasteiger partial charge < -0.3 is 5.32 Å². The minimum Gasteiger partial charge on any atom is -0.357 e. The van der Waals surface area contributed by atoms with E-state index >= 15 is 0 Å². The number of anilines is 1. The van der Waals surface area contributed by atoms with Gasteiger partial charge in [-0.25, -0.2) is 0 Å². The number of carbonyl (C=O) groups excluding carboxylic acids is 1. The van der Waals surface area contributed by atoms with Gasteiger partial charge in [0.2, 0.25) is 0 Å². The molecule has 0 radical (unpaired) electrons. The highest BCUT2D eigenvalue weighted by Gasteiger charge is 2.26. The fourth-order valence-corrected chi connectivity index (χ4v) is 3.08. The summed E-state index contributed by atoms with van der Waals surface area (Å²) < 4.78 is 0. The average Bonchev–Trinajstić information content (AvgIpc) is 2.27. The molecule has 1 aromatic rings. The van der Waals surface area contributed by atoms with Gasteiger partial charge in [0.1, 0.15) is 0 Å². The fourth-order valence-electron chi connectivity index (χ4n) is 1.99. The lowest BCUT2D eigenvalue weighted by molar-refractivity contribution is -0.115. The summed E-state index contributed by atoms with van der Waals surface area (Å²) in [6.45, 7) is 0. The summed E-state index contributed by atoms with van der Waals surface area (Å²) in [5.74, 6) is 0.295. The van der Waals surface area contributed by atoms with Crippen LogP contribution in [0.15, 0.2) is 39.8 Å². The molecule has 1 aliphatic carbocycles. The number of carbonyl (C=O) groups is 1. The van der Waals surface area contributed by atoms with E-state index in [4.69, 9.17) is 0 Å². The number of allylic oxidation sites excluding steroid dienone is 2. The second-order valence-electron chi connectivity index (χ2n) is 3.81. The third-order valence-corrected chi connectivity index (χ3v) is 4.00. The highest BCUT2D eigenvalue weighted by Crippen LogP contribution is 2.43. The highest BCUT2D eigenvalue weighted by molar-refractivity contribution is 8.04. The lowest BCUT2D eigenvalue weighted by atomic mass is 10.0. The van der Waals surface area contributed by atoms with Crippen molar-refractivity contribution in [2.75, 3.05) is 5.32 Å². The zero-order valence-electron chi connectivity index (χ0n) is 8.25. The fraction of sp³-hybridized carbons (Fsp3) is 0.250. The first-order valence-electron chi connectivity index (χ1n) is 5.15. The first-order chi connectivity index (χ1) is 7.34. The van der Waals surface area contributed by atoms with E-state index in [2.05, 4.69) is 17.4 Å². The van der Waals surface area contributed by atoms with E-state index in [1.807, 2.05) is 12.1 Å². The second-order valence-corrected chi connectivity index (χ2v) is 4.86. The van der Waals surface area contributed by atoms with Crippen molar-refractivity contribution in [3.8, 4) is 0 Å². The Kier molecular flexibility index (Phi) is 2.06. The molecule has 0 fully saturated rings. The molecule has 1 aromatic carbocycles. The van der Waals surface area contributed by atoms with Crippen LogP contribution in [-0.2, 0) is 4.79 Å². The van der Waals surface area contributed by atoms with Crippen molar-refractivity contribution >= 4 is 23.2 Å². The van der Waals surface area contributed by atoms with Gasteiger partial charge in [0.25, 0.3) is 0 Å². The molecule has 3 heteroatoms. The summed E-state index contributed by atoms with van der Waals surface area (Å²) >= 11 is 1.62. The maximum atomic E-state index is 11.7. The molecule has 0 amide bonds. The molecule has 3 rings (SSSR count). The summed E-state index contributed by atoms with van der Waals surface area (Å²) in [5.41, 5.74) is 2.26. The largest absolute Gasteiger partial charge is 0.357 e. The lowest BCUT2D eigenvalue weighted by Crippen LogP contribution is -2.17. The molecule has 0 aromatic heterocycles. The maximum Gasteiger partial charge on any atom is 0.171 e. The van der Waals surface area contributed by atoms with Crippen molar-refractivity contribution in [1.29, 1.82) is 0 Å². The van der Waals surface area contributed by atoms with Crippen LogP contribution in [0.2, 0.25) is 0 Å². The van der Waals surface area contributed by atoms with Gasteiger partial charge in [-0.2, -0.15) is 0 Å². The second kappa shape index (κ2) is 3.42. The van der Waals surface area contributed by atoms with E-state index in [1.165, 1.54) is 0 Å². The topological polar surface area (TPSA) is 29.1 Å². The smallest absolute Gasteiger partial charge is 0.171 e. The monoisotopic (exact) mass is 217 g/mol. The number of fused-ring (bicyclic) bond motifs is 1. The molecule has 0 spiro atoms. The van der Waals surface area contributed by atoms with Gasteiger partial charge in [0, 0.05) is 17.0 Å². The first kappa shape index (κ1) is 9.04. The number of hydrogen-bond donors (Lipinski definition) is 1. The highest BCUT2D eigenvalue weighted by atomic mass is 32.2. The molecule has 2 nitrogen and oxygen atoms in total. The van der Waals surface area contributed by atoms with Crippen LogP contribution in [0.25, 0.3) is 0 Å². The summed E-state index contributed by atoms with van der Waals surface area (Å²) in [4.78, 5) is 13.8. The van der Waals surface area contributed by atoms with Crippen LogP contribution in [0.4, 0.5) is 5.69 Å². The number of thioether (sulfide) groups is 1. The van der Waals surface area contributed by atoms with Gasteiger partial charge in [-0.3, -0.25) is 4.79 Å². The lowest BCUT2D eigenvalue weighted by Gasteiger charge is -2.26. The van der Waals surface area contributed by atoms with Crippen molar-refractivity contribution < 1.29 is 4.79 Å². The molecule has 0 unspecified atom stereocenters. The van der Waals surface area contributed by atoms with E-state index < -0.39 is 0 Å². The zero-order chi connectivity index (χ0) is 10.3. The summed E-state index contributed by atoms with van der Waals surface area (Å²) in [6, 6.07) is 8.14. The molecule has 76 valence electrons. The van der Waals surface area contributed by atoms with Crippen LogP contribution < -0.4 is 5.32 Å². The Labute approximate surface area is 92.8 Å². The summed E-state index contributed by atoms with van der Waals surface area (Å²) in [6.07, 6.45) is 2.69. The normalized spacial score (nSPS) is 19.3. The molecule has 2 aliphatic rings. The number of Topliss-reactive ketones (excluding diaryl/α,β-unsaturated/α-hetero) is 1. The number of nitrogens with one attached hydrogen (secondary N) is 1. The molecule has 0 saturated carbocycles. The standard InChI is InChI=1S/C12H11NOS/c14-10-6-3-5-9-12(10)15-11-7-2-1-4-8(11)13-9/h1-2,4,7,13H,3,5-6H2. The zero-order valence-corrected chi connectivity index (χ0v) is 9.06. The van der Waals surface area contributed by atoms with Gasteiger partial charge in [-0.05, 0) is 25.0 Å². The van der Waals surface area contributed by atoms with E-state index in [0.29, 0.717) is 12.2 Å². The maximum absolute atomic E-state index is 11.7. The van der Waals surface area contributed by atoms with Crippen molar-refractivity contribution in [3.05, 3.63) is 34.9 Å². The third kappa shape index (κ3) is 1.47. The molecule has 0 saturated heterocycles. The SMILES string of the molecule is O=C1CCCC2=C1Sc1ccccc1N2. The molecule has 15 heavy (non-hydrogen) atoms. The van der Waals surface area contributed by atoms with Crippen LogP contribution in [0.5, 0.6) is 0 Å². The molecule has 0 bridgehead atoms. The molecule has 1 heterocycles. The summed E-state index contributed by atoms with van der Waals surface area (Å²) in [5, 5.41) is 3.37. The molecular formula is C12H11NOS. The number of para-hydroxylation sites is 1. The van der Waals surface area contributed by atoms with Gasteiger partial charge in [0.15, 0.2) is 5.78 Å². The Morgan fingerprint density at radius 1 is 1.20 bits per heavy atom. The molecular weight excluding hydrogens is 206 g/mol. The average molecular weight is 217 g/mol. The minimum atomic E-state index is 0.295. The quantitative estimate of drug-likeness (QED) is 0.723. The number of benzene rings is 1. The van der Waals surface area contributed by atoms with Crippen molar-refractivity contribution in [2.24, 2.45) is 0 Å². The van der Waals surface area contributed by atoms with Crippen LogP contribution in [0, 0.1) is 0 Å². The molecule has 1 aliphatic heterocycles. The van der Waals surface area contributed by atoms with Gasteiger partial charge in [-0.1, -0.05) is 23.9 Å². The van der Waals surface area contributed by atoms with Crippen LogP contribution in [0.1, 0.15) is 19.3 Å². The predicted octanol–water partition coefficient (Wildman–Crippen LogP) is 3.17. The third-order valence-electron chi connectivity index (χ3n) is 2.74. The number of hydrogen-bond acceptors (Lipinski definition) is 3. The van der Waals surface area contributed by atoms with Gasteiger partial charge >= 0.3 is 0 Å². The Balaban J connectivity index is 2.04. The van der Waals surface area contributed by atoms with E-state index in [9.17, 15) is 4.79 Å². The van der Waals surface area contributed by atoms with Crippen molar-refractivity contribution in [3.63, 3.8) is 0 Å². The predicted molar refractivity (Wildman–Crippen MR) is 61.8 cm³/mol. The Hall–Kier alpha value is -1.22. The Bertz CT molecular complexity index is 464. The van der Waals surface area contributed by atoms with Gasteiger partial charge in [-0.15, -0.1) is 0 Å². The Morgan fingerprint density at radius 3 is 3.00 bits per heavy atom. The van der Waals surface area contributed by atoms with Crippen molar-refractivity contribution in [1.82, 2.24) is 0 Å².